The molecule has 0 saturated carbocycles. The fourth-order valence-corrected chi connectivity index (χ4v) is 2.97. The zero-order valence-corrected chi connectivity index (χ0v) is 16.7. The number of aromatic amines is 2. The molecule has 4 rings (SSSR count). The molecule has 2 aromatic carbocycles. The van der Waals surface area contributed by atoms with Crippen LogP contribution in [0.1, 0.15) is 6.92 Å². The molecule has 0 aliphatic heterocycles. The highest BCUT2D eigenvalue weighted by molar-refractivity contribution is 5.91. The topological polar surface area (TPSA) is 180 Å². The molecule has 0 amide bonds. The molecule has 162 valence electrons. The Balaban J connectivity index is 0.000000176. The summed E-state index contributed by atoms with van der Waals surface area (Å²) in [7, 11) is 1.29. The minimum absolute atomic E-state index is 0.191. The van der Waals surface area contributed by atoms with Crippen molar-refractivity contribution in [2.45, 2.75) is 6.92 Å². The molecular formula is C19H20N6O6. The van der Waals surface area contributed by atoms with Crippen LogP contribution in [0.3, 0.4) is 0 Å². The number of rotatable bonds is 3. The first-order valence-electron chi connectivity index (χ1n) is 9.05. The Labute approximate surface area is 173 Å². The average Bonchev–Trinajstić information content (AvgIpc) is 2.74. The smallest absolute Gasteiger partial charge is 0.308 e. The quantitative estimate of drug-likeness (QED) is 0.301. The number of nitrogen functional groups attached to an aromatic ring is 2. The van der Waals surface area contributed by atoms with E-state index < -0.39 is 22.2 Å². The van der Waals surface area contributed by atoms with Crippen molar-refractivity contribution in [3.63, 3.8) is 0 Å². The van der Waals surface area contributed by atoms with Crippen molar-refractivity contribution in [2.24, 2.45) is 0 Å². The Morgan fingerprint density at radius 2 is 1.26 bits per heavy atom. The Morgan fingerprint density at radius 3 is 1.71 bits per heavy atom. The standard InChI is InChI=1S/C10H11N3O3.C9H9N3O3/c1-2-16-13-10(15)6-4-3-5-7(11)8(6)9(14)12-13;1-15-12-9(14)5-3-2-4-6(10)7(5)8(13)11-12/h3-5H,2,11H2,1H3,(H,12,14);2-4H,10H2,1H3,(H,11,13). The summed E-state index contributed by atoms with van der Waals surface area (Å²) in [6, 6.07) is 9.43. The second kappa shape index (κ2) is 8.49. The summed E-state index contributed by atoms with van der Waals surface area (Å²) in [6.07, 6.45) is 0. The number of benzene rings is 2. The number of H-pyrrole nitrogens is 2. The average molecular weight is 428 g/mol. The summed E-state index contributed by atoms with van der Waals surface area (Å²) in [6.45, 7) is 2.00. The lowest BCUT2D eigenvalue weighted by Crippen LogP contribution is -2.34. The zero-order valence-electron chi connectivity index (χ0n) is 16.7. The van der Waals surface area contributed by atoms with Crippen LogP contribution in [0.15, 0.2) is 55.6 Å². The molecular weight excluding hydrogens is 408 g/mol. The van der Waals surface area contributed by atoms with Crippen LogP contribution in [-0.2, 0) is 0 Å². The molecule has 0 atom stereocenters. The highest BCUT2D eigenvalue weighted by atomic mass is 16.7. The van der Waals surface area contributed by atoms with E-state index in [0.717, 1.165) is 9.69 Å². The first-order valence-corrected chi connectivity index (χ1v) is 9.05. The number of anilines is 2. The Kier molecular flexibility index (Phi) is 5.81. The molecule has 0 aliphatic rings. The summed E-state index contributed by atoms with van der Waals surface area (Å²) in [5, 5.41) is 5.43. The third-order valence-corrected chi connectivity index (χ3v) is 4.32. The van der Waals surface area contributed by atoms with Crippen molar-refractivity contribution >= 4 is 32.9 Å². The Morgan fingerprint density at radius 1 is 0.806 bits per heavy atom. The van der Waals surface area contributed by atoms with E-state index in [1.165, 1.54) is 13.2 Å². The Bertz CT molecular complexity index is 1500. The SMILES string of the molecule is CCOn1[nH]c(=O)c2c(N)cccc2c1=O.COn1[nH]c(=O)c2c(N)cccc2c1=O. The maximum atomic E-state index is 11.8. The van der Waals surface area contributed by atoms with Crippen molar-refractivity contribution in [2.75, 3.05) is 25.2 Å². The molecule has 12 nitrogen and oxygen atoms in total. The molecule has 0 bridgehead atoms. The van der Waals surface area contributed by atoms with Gasteiger partial charge in [0.05, 0.1) is 21.5 Å². The van der Waals surface area contributed by atoms with Crippen molar-refractivity contribution in [1.29, 1.82) is 0 Å². The van der Waals surface area contributed by atoms with Crippen LogP contribution in [-0.4, -0.2) is 33.6 Å². The molecule has 31 heavy (non-hydrogen) atoms. The molecule has 0 saturated heterocycles. The molecule has 4 aromatic rings. The van der Waals surface area contributed by atoms with Gasteiger partial charge in [-0.25, -0.2) is 10.2 Å². The Hall–Kier alpha value is -4.48. The number of nitrogens with one attached hydrogen (secondary N) is 2. The summed E-state index contributed by atoms with van der Waals surface area (Å²) in [5.74, 6) is 0. The molecule has 2 heterocycles. The van der Waals surface area contributed by atoms with Crippen LogP contribution in [0.25, 0.3) is 21.5 Å². The van der Waals surface area contributed by atoms with Gasteiger partial charge in [0.15, 0.2) is 0 Å². The van der Waals surface area contributed by atoms with Gasteiger partial charge in [-0.1, -0.05) is 21.8 Å². The van der Waals surface area contributed by atoms with E-state index in [0.29, 0.717) is 0 Å². The van der Waals surface area contributed by atoms with Gasteiger partial charge in [0, 0.05) is 11.4 Å². The molecule has 0 unspecified atom stereocenters. The van der Waals surface area contributed by atoms with E-state index in [1.807, 2.05) is 0 Å². The molecule has 2 aromatic heterocycles. The first kappa shape index (κ1) is 21.2. The second-order valence-electron chi connectivity index (χ2n) is 6.22. The lowest BCUT2D eigenvalue weighted by Gasteiger charge is -2.07. The molecule has 12 heteroatoms. The van der Waals surface area contributed by atoms with Gasteiger partial charge in [-0.3, -0.25) is 19.2 Å². The fourth-order valence-electron chi connectivity index (χ4n) is 2.97. The van der Waals surface area contributed by atoms with Crippen LogP contribution < -0.4 is 43.4 Å². The number of hydrogen-bond acceptors (Lipinski definition) is 8. The maximum Gasteiger partial charge on any atom is 0.308 e. The van der Waals surface area contributed by atoms with E-state index in [9.17, 15) is 19.2 Å². The van der Waals surface area contributed by atoms with Crippen molar-refractivity contribution in [3.8, 4) is 0 Å². The van der Waals surface area contributed by atoms with Gasteiger partial charge in [-0.2, -0.15) is 0 Å². The molecule has 0 aliphatic carbocycles. The van der Waals surface area contributed by atoms with Crippen LogP contribution in [0, 0.1) is 0 Å². The number of hydrogen-bond donors (Lipinski definition) is 4. The highest BCUT2D eigenvalue weighted by Gasteiger charge is 2.10. The van der Waals surface area contributed by atoms with E-state index >= 15 is 0 Å². The van der Waals surface area contributed by atoms with Gasteiger partial charge in [0.2, 0.25) is 0 Å². The number of aromatic nitrogens is 4. The lowest BCUT2D eigenvalue weighted by atomic mass is 10.1. The van der Waals surface area contributed by atoms with Crippen molar-refractivity contribution in [1.82, 2.24) is 19.9 Å². The van der Waals surface area contributed by atoms with Gasteiger partial charge in [0.1, 0.15) is 13.7 Å². The minimum Gasteiger partial charge on any atom is -0.398 e. The normalized spacial score (nSPS) is 10.5. The van der Waals surface area contributed by atoms with Crippen LogP contribution in [0.5, 0.6) is 0 Å². The van der Waals surface area contributed by atoms with Crippen LogP contribution in [0.2, 0.25) is 0 Å². The number of nitrogens with two attached hydrogens (primary N) is 2. The molecule has 0 radical (unpaired) electrons. The molecule has 0 spiro atoms. The van der Waals surface area contributed by atoms with E-state index in [1.54, 1.807) is 37.3 Å². The minimum atomic E-state index is -0.454. The zero-order chi connectivity index (χ0) is 22.7. The first-order chi connectivity index (χ1) is 14.8. The van der Waals surface area contributed by atoms with E-state index in [-0.39, 0.29) is 39.5 Å². The third kappa shape index (κ3) is 3.85. The summed E-state index contributed by atoms with van der Waals surface area (Å²) >= 11 is 0. The van der Waals surface area contributed by atoms with Gasteiger partial charge in [-0.05, 0) is 31.2 Å². The predicted molar refractivity (Wildman–Crippen MR) is 116 cm³/mol. The fraction of sp³-hybridized carbons (Fsp3) is 0.158. The lowest BCUT2D eigenvalue weighted by molar-refractivity contribution is 0.0815. The van der Waals surface area contributed by atoms with Gasteiger partial charge < -0.3 is 21.1 Å². The number of fused-ring (bicyclic) bond motifs is 2. The summed E-state index contributed by atoms with van der Waals surface area (Å²) in [4.78, 5) is 58.0. The van der Waals surface area contributed by atoms with Gasteiger partial charge >= 0.3 is 11.1 Å². The van der Waals surface area contributed by atoms with Crippen molar-refractivity contribution in [3.05, 3.63) is 77.8 Å². The third-order valence-electron chi connectivity index (χ3n) is 4.32. The van der Waals surface area contributed by atoms with Gasteiger partial charge in [-0.15, -0.1) is 0 Å². The monoisotopic (exact) mass is 428 g/mol. The summed E-state index contributed by atoms with van der Waals surface area (Å²) in [5.41, 5.74) is 10.0. The predicted octanol–water partition coefficient (Wildman–Crippen LogP) is -0.949. The second-order valence-corrected chi connectivity index (χ2v) is 6.22. The highest BCUT2D eigenvalue weighted by Crippen LogP contribution is 2.13. The van der Waals surface area contributed by atoms with Crippen LogP contribution >= 0.6 is 0 Å². The van der Waals surface area contributed by atoms with E-state index in [2.05, 4.69) is 15.0 Å². The molecule has 6 N–H and O–H groups in total. The maximum absolute atomic E-state index is 11.8. The molecule has 0 fully saturated rings. The number of nitrogens with zero attached hydrogens (tertiary/aromatic N) is 2. The van der Waals surface area contributed by atoms with Crippen LogP contribution in [0.4, 0.5) is 11.4 Å². The largest absolute Gasteiger partial charge is 0.398 e. The summed E-state index contributed by atoms with van der Waals surface area (Å²) < 4.78 is 0. The van der Waals surface area contributed by atoms with E-state index in [4.69, 9.17) is 16.3 Å². The van der Waals surface area contributed by atoms with Crippen molar-refractivity contribution < 1.29 is 9.68 Å². The van der Waals surface area contributed by atoms with Gasteiger partial charge in [0.25, 0.3) is 11.1 Å².